The molecule has 0 amide bonds. The first kappa shape index (κ1) is 12.5. The van der Waals surface area contributed by atoms with Gasteiger partial charge in [0.05, 0.1) is 5.60 Å². The lowest BCUT2D eigenvalue weighted by Gasteiger charge is -2.18. The number of ether oxygens (including phenoxy) is 1. The number of aliphatic hydroxyl groups is 1. The smallest absolute Gasteiger partial charge is 0.339 e. The van der Waals surface area contributed by atoms with E-state index in [1.165, 1.54) is 0 Å². The van der Waals surface area contributed by atoms with Gasteiger partial charge in [0, 0.05) is 0 Å². The van der Waals surface area contributed by atoms with E-state index in [0.29, 0.717) is 0 Å². The number of benzene rings is 1. The van der Waals surface area contributed by atoms with Gasteiger partial charge < -0.3 is 14.9 Å². The number of carboxylic acid groups (broad SMARTS) is 1. The van der Waals surface area contributed by atoms with Crippen LogP contribution in [0.3, 0.4) is 0 Å². The van der Waals surface area contributed by atoms with Gasteiger partial charge in [0.2, 0.25) is 0 Å². The maximum atomic E-state index is 11.0. The summed E-state index contributed by atoms with van der Waals surface area (Å²) < 4.78 is 5.29. The average Bonchev–Trinajstić information content (AvgIpc) is 2.14. The highest BCUT2D eigenvalue weighted by molar-refractivity contribution is 5.91. The highest BCUT2D eigenvalue weighted by Crippen LogP contribution is 2.21. The second-order valence-electron chi connectivity index (χ2n) is 4.41. The summed E-state index contributed by atoms with van der Waals surface area (Å²) in [7, 11) is 0. The molecule has 1 aromatic rings. The zero-order valence-electron chi connectivity index (χ0n) is 9.65. The molecule has 16 heavy (non-hydrogen) atoms. The monoisotopic (exact) mass is 224 g/mol. The van der Waals surface area contributed by atoms with Crippen molar-refractivity contribution >= 4 is 5.97 Å². The largest absolute Gasteiger partial charge is 0.490 e. The molecule has 4 heteroatoms. The second-order valence-corrected chi connectivity index (χ2v) is 4.41. The fourth-order valence-corrected chi connectivity index (χ4v) is 1.19. The van der Waals surface area contributed by atoms with E-state index in [9.17, 15) is 9.90 Å². The third kappa shape index (κ3) is 3.55. The minimum absolute atomic E-state index is 0.0519. The Kier molecular flexibility index (Phi) is 3.55. The summed E-state index contributed by atoms with van der Waals surface area (Å²) in [6.07, 6.45) is 0. The first-order valence-corrected chi connectivity index (χ1v) is 4.99. The van der Waals surface area contributed by atoms with Gasteiger partial charge in [-0.2, -0.15) is 0 Å². The van der Waals surface area contributed by atoms with E-state index >= 15 is 0 Å². The van der Waals surface area contributed by atoms with Crippen LogP contribution >= 0.6 is 0 Å². The number of carbonyl (C=O) groups is 1. The normalized spacial score (nSPS) is 11.2. The van der Waals surface area contributed by atoms with Crippen molar-refractivity contribution in [3.63, 3.8) is 0 Å². The molecule has 0 unspecified atom stereocenters. The van der Waals surface area contributed by atoms with Crippen LogP contribution in [0.2, 0.25) is 0 Å². The summed E-state index contributed by atoms with van der Waals surface area (Å²) in [4.78, 5) is 11.0. The summed E-state index contributed by atoms with van der Waals surface area (Å²) in [5, 5.41) is 18.5. The fourth-order valence-electron chi connectivity index (χ4n) is 1.19. The number of carboxylic acids is 1. The predicted molar refractivity (Wildman–Crippen MR) is 59.9 cm³/mol. The third-order valence-electron chi connectivity index (χ3n) is 1.95. The molecule has 0 heterocycles. The van der Waals surface area contributed by atoms with Gasteiger partial charge in [-0.25, -0.2) is 4.79 Å². The van der Waals surface area contributed by atoms with Gasteiger partial charge in [-0.3, -0.25) is 0 Å². The number of aromatic carboxylic acids is 1. The lowest BCUT2D eigenvalue weighted by Crippen LogP contribution is -2.28. The van der Waals surface area contributed by atoms with E-state index in [2.05, 4.69) is 0 Å². The van der Waals surface area contributed by atoms with Crippen LogP contribution < -0.4 is 4.74 Å². The molecule has 4 nitrogen and oxygen atoms in total. The lowest BCUT2D eigenvalue weighted by atomic mass is 10.1. The van der Waals surface area contributed by atoms with Crippen LogP contribution in [0.5, 0.6) is 5.75 Å². The first-order valence-electron chi connectivity index (χ1n) is 4.99. The van der Waals surface area contributed by atoms with Gasteiger partial charge in [-0.05, 0) is 32.9 Å². The molecule has 1 rings (SSSR count). The van der Waals surface area contributed by atoms with Gasteiger partial charge in [0.25, 0.3) is 0 Å². The van der Waals surface area contributed by atoms with Crippen LogP contribution in [0, 0.1) is 6.92 Å². The molecule has 0 aliphatic carbocycles. The van der Waals surface area contributed by atoms with Crippen molar-refractivity contribution in [3.05, 3.63) is 29.3 Å². The van der Waals surface area contributed by atoms with Gasteiger partial charge in [-0.1, -0.05) is 11.6 Å². The fraction of sp³-hybridized carbons (Fsp3) is 0.417. The highest BCUT2D eigenvalue weighted by atomic mass is 16.5. The number of hydrogen-bond donors (Lipinski definition) is 2. The van der Waals surface area contributed by atoms with Crippen molar-refractivity contribution in [1.29, 1.82) is 0 Å². The lowest BCUT2D eigenvalue weighted by molar-refractivity contribution is 0.0275. The Hall–Kier alpha value is -1.55. The Bertz CT molecular complexity index is 390. The van der Waals surface area contributed by atoms with Crippen LogP contribution in [0.4, 0.5) is 0 Å². The number of rotatable bonds is 4. The molecule has 0 aliphatic heterocycles. The molecule has 0 atom stereocenters. The number of aryl methyl sites for hydroxylation is 1. The molecule has 0 saturated carbocycles. The van der Waals surface area contributed by atoms with E-state index in [-0.39, 0.29) is 17.9 Å². The van der Waals surface area contributed by atoms with E-state index in [1.807, 2.05) is 6.92 Å². The number of hydrogen-bond acceptors (Lipinski definition) is 3. The molecule has 1 aromatic carbocycles. The minimum Gasteiger partial charge on any atom is -0.490 e. The Morgan fingerprint density at radius 3 is 2.56 bits per heavy atom. The van der Waals surface area contributed by atoms with E-state index in [0.717, 1.165) is 5.56 Å². The zero-order chi connectivity index (χ0) is 12.3. The van der Waals surface area contributed by atoms with E-state index in [1.54, 1.807) is 32.0 Å². The summed E-state index contributed by atoms with van der Waals surface area (Å²) in [6.45, 7) is 5.06. The van der Waals surface area contributed by atoms with Crippen LogP contribution in [0.25, 0.3) is 0 Å². The van der Waals surface area contributed by atoms with Gasteiger partial charge in [0.1, 0.15) is 17.9 Å². The van der Waals surface area contributed by atoms with Gasteiger partial charge in [-0.15, -0.1) is 0 Å². The van der Waals surface area contributed by atoms with Crippen molar-refractivity contribution in [2.45, 2.75) is 26.4 Å². The molecular formula is C12H16O4. The van der Waals surface area contributed by atoms with E-state index in [4.69, 9.17) is 9.84 Å². The molecule has 88 valence electrons. The van der Waals surface area contributed by atoms with Gasteiger partial charge >= 0.3 is 5.97 Å². The molecule has 0 aromatic heterocycles. The van der Waals surface area contributed by atoms with E-state index < -0.39 is 11.6 Å². The van der Waals surface area contributed by atoms with Crippen LogP contribution in [-0.4, -0.2) is 28.4 Å². The van der Waals surface area contributed by atoms with Crippen molar-refractivity contribution in [1.82, 2.24) is 0 Å². The molecule has 0 radical (unpaired) electrons. The molecule has 2 N–H and O–H groups in total. The van der Waals surface area contributed by atoms with Crippen LogP contribution in [-0.2, 0) is 0 Å². The molecule has 0 spiro atoms. The molecule has 0 bridgehead atoms. The minimum atomic E-state index is -1.03. The summed E-state index contributed by atoms with van der Waals surface area (Å²) in [5.41, 5.74) is -0.0158. The summed E-state index contributed by atoms with van der Waals surface area (Å²) in [5.74, 6) is -0.755. The predicted octanol–water partition coefficient (Wildman–Crippen LogP) is 1.84. The second kappa shape index (κ2) is 4.53. The SMILES string of the molecule is Cc1ccc(OCC(C)(C)O)c(C(=O)O)c1. The Balaban J connectivity index is 2.91. The van der Waals surface area contributed by atoms with Crippen LogP contribution in [0.1, 0.15) is 29.8 Å². The standard InChI is InChI=1S/C12H16O4/c1-8-4-5-10(9(6-8)11(13)14)16-7-12(2,3)15/h4-6,15H,7H2,1-3H3,(H,13,14). The van der Waals surface area contributed by atoms with Crippen molar-refractivity contribution < 1.29 is 19.7 Å². The maximum absolute atomic E-state index is 11.0. The maximum Gasteiger partial charge on any atom is 0.339 e. The van der Waals surface area contributed by atoms with Crippen LogP contribution in [0.15, 0.2) is 18.2 Å². The highest BCUT2D eigenvalue weighted by Gasteiger charge is 2.17. The topological polar surface area (TPSA) is 66.8 Å². The molecule has 0 saturated heterocycles. The third-order valence-corrected chi connectivity index (χ3v) is 1.95. The van der Waals surface area contributed by atoms with Crippen molar-refractivity contribution in [2.24, 2.45) is 0 Å². The Morgan fingerprint density at radius 1 is 1.44 bits per heavy atom. The molecule has 0 fully saturated rings. The van der Waals surface area contributed by atoms with Crippen molar-refractivity contribution in [3.8, 4) is 5.75 Å². The first-order chi connectivity index (χ1) is 7.29. The Labute approximate surface area is 94.5 Å². The molecule has 0 aliphatic rings. The quantitative estimate of drug-likeness (QED) is 0.819. The van der Waals surface area contributed by atoms with Gasteiger partial charge in [0.15, 0.2) is 0 Å². The molecular weight excluding hydrogens is 208 g/mol. The zero-order valence-corrected chi connectivity index (χ0v) is 9.65. The van der Waals surface area contributed by atoms with Crippen molar-refractivity contribution in [2.75, 3.05) is 6.61 Å². The summed E-state index contributed by atoms with van der Waals surface area (Å²) >= 11 is 0. The Morgan fingerprint density at radius 2 is 2.06 bits per heavy atom. The summed E-state index contributed by atoms with van der Waals surface area (Å²) in [6, 6.07) is 4.92. The average molecular weight is 224 g/mol.